The van der Waals surface area contributed by atoms with Gasteiger partial charge in [0.05, 0.1) is 18.8 Å². The summed E-state index contributed by atoms with van der Waals surface area (Å²) >= 11 is 3.54. The van der Waals surface area contributed by atoms with Gasteiger partial charge >= 0.3 is 6.09 Å². The third kappa shape index (κ3) is 4.59. The van der Waals surface area contributed by atoms with E-state index in [9.17, 15) is 14.0 Å². The molecule has 1 N–H and O–H groups in total. The Kier molecular flexibility index (Phi) is 5.99. The summed E-state index contributed by atoms with van der Waals surface area (Å²) in [7, 11) is 0. The van der Waals surface area contributed by atoms with Crippen LogP contribution in [0.3, 0.4) is 0 Å². The number of halogens is 2. The highest BCUT2D eigenvalue weighted by molar-refractivity contribution is 9.15. The Morgan fingerprint density at radius 3 is 2.90 bits per heavy atom. The number of rotatable bonds is 5. The fourth-order valence-electron chi connectivity index (χ4n) is 3.42. The molecule has 2 aromatic carbocycles. The molecule has 0 saturated carbocycles. The predicted octanol–water partition coefficient (Wildman–Crippen LogP) is 4.73. The fourth-order valence-corrected chi connectivity index (χ4v) is 3.98. The Labute approximate surface area is 186 Å². The van der Waals surface area contributed by atoms with Crippen molar-refractivity contribution in [1.82, 2.24) is 10.3 Å². The van der Waals surface area contributed by atoms with Crippen molar-refractivity contribution >= 4 is 54.9 Å². The van der Waals surface area contributed by atoms with Gasteiger partial charge in [-0.2, -0.15) is 0 Å². The fraction of sp³-hybridized carbons (Fsp3) is 0.174. The van der Waals surface area contributed by atoms with Gasteiger partial charge in [0.15, 0.2) is 0 Å². The zero-order valence-corrected chi connectivity index (χ0v) is 18.2. The molecule has 1 atom stereocenters. The van der Waals surface area contributed by atoms with E-state index in [0.717, 1.165) is 16.3 Å². The molecule has 1 fully saturated rings. The zero-order valence-electron chi connectivity index (χ0n) is 16.6. The van der Waals surface area contributed by atoms with Crippen LogP contribution in [0.5, 0.6) is 0 Å². The van der Waals surface area contributed by atoms with Crippen LogP contribution in [-0.4, -0.2) is 36.2 Å². The maximum atomic E-state index is 14.9. The number of nitrogens with one attached hydrogen (secondary N) is 1. The van der Waals surface area contributed by atoms with Crippen LogP contribution in [0.25, 0.3) is 21.3 Å². The second kappa shape index (κ2) is 8.85. The highest BCUT2D eigenvalue weighted by Crippen LogP contribution is 2.31. The molecule has 6 nitrogen and oxygen atoms in total. The van der Waals surface area contributed by atoms with Crippen LogP contribution in [0.2, 0.25) is 0 Å². The molecule has 2 amide bonds. The summed E-state index contributed by atoms with van der Waals surface area (Å²) < 4.78 is 20.8. The van der Waals surface area contributed by atoms with Gasteiger partial charge in [0, 0.05) is 40.3 Å². The smallest absolute Gasteiger partial charge is 0.414 e. The molecule has 0 bridgehead atoms. The lowest BCUT2D eigenvalue weighted by atomic mass is 10.1. The van der Waals surface area contributed by atoms with Gasteiger partial charge in [-0.25, -0.2) is 9.18 Å². The van der Waals surface area contributed by atoms with Gasteiger partial charge in [-0.3, -0.25) is 14.7 Å². The minimum atomic E-state index is -0.568. The number of hydrogen-bond acceptors (Lipinski definition) is 4. The number of fused-ring (bicyclic) bond motifs is 1. The lowest BCUT2D eigenvalue weighted by Crippen LogP contribution is -2.33. The van der Waals surface area contributed by atoms with Crippen LogP contribution in [0.15, 0.2) is 54.9 Å². The lowest BCUT2D eigenvalue weighted by Gasteiger charge is -2.14. The second-order valence-corrected chi connectivity index (χ2v) is 8.01. The molecule has 1 saturated heterocycles. The summed E-state index contributed by atoms with van der Waals surface area (Å²) in [5, 5.41) is 4.61. The minimum absolute atomic E-state index is 0.205. The summed E-state index contributed by atoms with van der Waals surface area (Å²) in [6.45, 7) is 1.84. The zero-order chi connectivity index (χ0) is 22.0. The minimum Gasteiger partial charge on any atom is -0.442 e. The normalized spacial score (nSPS) is 16.5. The first-order chi connectivity index (χ1) is 14.9. The molecule has 3 aromatic rings. The quantitative estimate of drug-likeness (QED) is 0.569. The first kappa shape index (κ1) is 21.0. The Morgan fingerprint density at radius 2 is 2.13 bits per heavy atom. The van der Waals surface area contributed by atoms with E-state index in [2.05, 4.69) is 26.2 Å². The Morgan fingerprint density at radius 1 is 1.32 bits per heavy atom. The predicted molar refractivity (Wildman–Crippen MR) is 121 cm³/mol. The molecule has 158 valence electrons. The molecule has 1 aliphatic rings. The SMILES string of the molecule is CC(=O)NC[C@H]1CN(c2ccc(/C=C(\Br)c3cncc4ccccc34)c(F)c2)C(=O)O1. The molecule has 0 radical (unpaired) electrons. The maximum absolute atomic E-state index is 14.9. The van der Waals surface area contributed by atoms with E-state index in [0.29, 0.717) is 15.7 Å². The number of carbonyl (C=O) groups is 2. The number of anilines is 1. The van der Waals surface area contributed by atoms with Gasteiger partial charge in [-0.15, -0.1) is 0 Å². The van der Waals surface area contributed by atoms with Crippen LogP contribution in [0.1, 0.15) is 18.1 Å². The van der Waals surface area contributed by atoms with Crippen molar-refractivity contribution < 1.29 is 18.7 Å². The van der Waals surface area contributed by atoms with Gasteiger partial charge < -0.3 is 10.1 Å². The van der Waals surface area contributed by atoms with Crippen molar-refractivity contribution in [3.05, 3.63) is 71.8 Å². The van der Waals surface area contributed by atoms with Crippen molar-refractivity contribution in [2.24, 2.45) is 0 Å². The molecule has 2 heterocycles. The van der Waals surface area contributed by atoms with E-state index in [-0.39, 0.29) is 19.0 Å². The van der Waals surface area contributed by atoms with Gasteiger partial charge in [-0.1, -0.05) is 40.2 Å². The van der Waals surface area contributed by atoms with Crippen LogP contribution >= 0.6 is 15.9 Å². The number of hydrogen-bond donors (Lipinski definition) is 1. The topological polar surface area (TPSA) is 71.5 Å². The van der Waals surface area contributed by atoms with Crippen molar-refractivity contribution in [1.29, 1.82) is 0 Å². The molecule has 8 heteroatoms. The first-order valence-electron chi connectivity index (χ1n) is 9.65. The number of aromatic nitrogens is 1. The number of pyridine rings is 1. The molecule has 0 unspecified atom stereocenters. The van der Waals surface area contributed by atoms with Crippen molar-refractivity contribution in [3.63, 3.8) is 0 Å². The standard InChI is InChI=1S/C23H19BrFN3O3/c1-14(29)27-11-18-13-28(23(30)31-18)17-7-6-15(22(25)9-17)8-21(24)20-12-26-10-16-4-2-3-5-19(16)20/h2-10,12,18H,11,13H2,1H3,(H,27,29)/b21-8-/t18-/m0/s1. The highest BCUT2D eigenvalue weighted by atomic mass is 79.9. The molecule has 0 spiro atoms. The van der Waals surface area contributed by atoms with E-state index in [1.54, 1.807) is 30.6 Å². The maximum Gasteiger partial charge on any atom is 0.414 e. The van der Waals surface area contributed by atoms with Crippen molar-refractivity contribution in [3.8, 4) is 0 Å². The van der Waals surface area contributed by atoms with Gasteiger partial charge in [0.1, 0.15) is 11.9 Å². The molecule has 4 rings (SSSR count). The third-order valence-corrected chi connectivity index (χ3v) is 5.61. The molecule has 0 aliphatic carbocycles. The molecule has 1 aliphatic heterocycles. The lowest BCUT2D eigenvalue weighted by molar-refractivity contribution is -0.119. The summed E-state index contributed by atoms with van der Waals surface area (Å²) in [6.07, 6.45) is 4.14. The summed E-state index contributed by atoms with van der Waals surface area (Å²) in [5.41, 5.74) is 1.62. The van der Waals surface area contributed by atoms with Crippen LogP contribution in [0.4, 0.5) is 14.9 Å². The number of nitrogens with zero attached hydrogens (tertiary/aromatic N) is 2. The molecular weight excluding hydrogens is 465 g/mol. The first-order valence-corrected chi connectivity index (χ1v) is 10.4. The molecule has 1 aromatic heterocycles. The number of benzene rings is 2. The van der Waals surface area contributed by atoms with Gasteiger partial charge in [0.25, 0.3) is 0 Å². The van der Waals surface area contributed by atoms with Crippen LogP contribution < -0.4 is 10.2 Å². The Hall–Kier alpha value is -3.26. The van der Waals surface area contributed by atoms with E-state index in [1.165, 1.54) is 17.9 Å². The summed E-state index contributed by atoms with van der Waals surface area (Å²) in [6, 6.07) is 12.4. The average molecular weight is 484 g/mol. The Balaban J connectivity index is 1.56. The van der Waals surface area contributed by atoms with E-state index in [4.69, 9.17) is 4.74 Å². The number of cyclic esters (lactones) is 1. The summed E-state index contributed by atoms with van der Waals surface area (Å²) in [4.78, 5) is 28.8. The van der Waals surface area contributed by atoms with Gasteiger partial charge in [-0.05, 0) is 29.7 Å². The van der Waals surface area contributed by atoms with Crippen molar-refractivity contribution in [2.45, 2.75) is 13.0 Å². The van der Waals surface area contributed by atoms with Crippen LogP contribution in [-0.2, 0) is 9.53 Å². The highest BCUT2D eigenvalue weighted by Gasteiger charge is 2.32. The summed E-state index contributed by atoms with van der Waals surface area (Å²) in [5.74, 6) is -0.676. The van der Waals surface area contributed by atoms with E-state index >= 15 is 0 Å². The second-order valence-electron chi connectivity index (χ2n) is 7.16. The van der Waals surface area contributed by atoms with Crippen LogP contribution in [0, 0.1) is 5.82 Å². The number of carbonyl (C=O) groups excluding carboxylic acids is 2. The van der Waals surface area contributed by atoms with E-state index < -0.39 is 18.0 Å². The largest absolute Gasteiger partial charge is 0.442 e. The van der Waals surface area contributed by atoms with Gasteiger partial charge in [0.2, 0.25) is 5.91 Å². The number of amides is 2. The number of ether oxygens (including phenoxy) is 1. The Bertz CT molecular complexity index is 1190. The molecule has 31 heavy (non-hydrogen) atoms. The monoisotopic (exact) mass is 483 g/mol. The molecular formula is C23H19BrFN3O3. The third-order valence-electron chi connectivity index (χ3n) is 4.96. The average Bonchev–Trinajstić information content (AvgIpc) is 3.13. The van der Waals surface area contributed by atoms with Crippen molar-refractivity contribution in [2.75, 3.05) is 18.0 Å². The van der Waals surface area contributed by atoms with E-state index in [1.807, 2.05) is 24.3 Å².